The Labute approximate surface area is 458 Å². The minimum absolute atomic E-state index is 0.00901. The van der Waals surface area contributed by atoms with Gasteiger partial charge >= 0.3 is 0 Å². The van der Waals surface area contributed by atoms with Gasteiger partial charge in [-0.1, -0.05) is 223 Å². The fraction of sp³-hybridized carbons (Fsp3) is 0.225. The molecule has 0 fully saturated rings. The van der Waals surface area contributed by atoms with Crippen molar-refractivity contribution >= 4 is 97.1 Å². The van der Waals surface area contributed by atoms with E-state index < -0.39 is 8.07 Å². The van der Waals surface area contributed by atoms with Crippen LogP contribution in [0.5, 0.6) is 0 Å². The Morgan fingerprint density at radius 2 is 0.779 bits per heavy atom. The first-order chi connectivity index (χ1) is 36.7. The lowest BCUT2D eigenvalue weighted by Crippen LogP contribution is -2.75. The molecular formula is C71H70BN3OSi. The molecule has 6 heteroatoms. The van der Waals surface area contributed by atoms with E-state index in [-0.39, 0.29) is 28.4 Å². The molecule has 0 N–H and O–H groups in total. The third kappa shape index (κ3) is 8.57. The molecule has 3 heterocycles. The summed E-state index contributed by atoms with van der Waals surface area (Å²) in [6, 6.07) is 78.7. The van der Waals surface area contributed by atoms with Crippen molar-refractivity contribution in [2.45, 2.75) is 105 Å². The van der Waals surface area contributed by atoms with Gasteiger partial charge in [0.15, 0.2) is 13.7 Å². The molecule has 0 radical (unpaired) electrons. The Kier molecular flexibility index (Phi) is 11.9. The number of rotatable bonds is 7. The van der Waals surface area contributed by atoms with Crippen molar-refractivity contribution < 1.29 is 4.42 Å². The monoisotopic (exact) mass is 1020 g/mol. The van der Waals surface area contributed by atoms with Crippen molar-refractivity contribution in [3.63, 3.8) is 0 Å². The van der Waals surface area contributed by atoms with Crippen LogP contribution in [0.1, 0.15) is 105 Å². The number of hydrogen-bond donors (Lipinski definition) is 0. The van der Waals surface area contributed by atoms with E-state index in [0.717, 1.165) is 33.7 Å². The highest BCUT2D eigenvalue weighted by Gasteiger charge is 2.48. The largest absolute Gasteiger partial charge is 0.436 e. The molecule has 0 amide bonds. The molecule has 4 nitrogen and oxygen atoms in total. The van der Waals surface area contributed by atoms with E-state index in [2.05, 4.69) is 299 Å². The highest BCUT2D eigenvalue weighted by atomic mass is 28.3. The first kappa shape index (κ1) is 50.2. The van der Waals surface area contributed by atoms with Crippen LogP contribution in [0.3, 0.4) is 0 Å². The van der Waals surface area contributed by atoms with E-state index in [1.807, 2.05) is 0 Å². The third-order valence-corrected chi connectivity index (χ3v) is 21.2. The molecule has 2 aliphatic rings. The molecule has 10 aromatic rings. The Bertz CT molecular complexity index is 3720. The average molecular weight is 1020 g/mol. The first-order valence-corrected chi connectivity index (χ1v) is 29.6. The van der Waals surface area contributed by atoms with Crippen LogP contribution in [0.25, 0.3) is 22.6 Å². The minimum atomic E-state index is -3.13. The van der Waals surface area contributed by atoms with Crippen molar-refractivity contribution in [1.82, 2.24) is 4.98 Å². The van der Waals surface area contributed by atoms with Gasteiger partial charge in [-0.2, -0.15) is 0 Å². The van der Waals surface area contributed by atoms with Gasteiger partial charge in [0.2, 0.25) is 5.89 Å². The summed E-state index contributed by atoms with van der Waals surface area (Å²) >= 11 is 0. The number of aromatic nitrogens is 1. The zero-order chi connectivity index (χ0) is 53.8. The summed E-state index contributed by atoms with van der Waals surface area (Å²) in [6.07, 6.45) is 0. The summed E-state index contributed by atoms with van der Waals surface area (Å²) in [4.78, 5) is 10.5. The molecule has 0 aliphatic carbocycles. The Hall–Kier alpha value is -7.67. The predicted molar refractivity (Wildman–Crippen MR) is 332 cm³/mol. The maximum atomic E-state index is 6.94. The van der Waals surface area contributed by atoms with Crippen LogP contribution in [-0.4, -0.2) is 19.8 Å². The second kappa shape index (κ2) is 18.2. The summed E-state index contributed by atoms with van der Waals surface area (Å²) in [5, 5.41) is 5.30. The smallest absolute Gasteiger partial charge is 0.252 e. The lowest BCUT2D eigenvalue weighted by atomic mass is 9.33. The van der Waals surface area contributed by atoms with Crippen LogP contribution in [0.2, 0.25) is 0 Å². The van der Waals surface area contributed by atoms with Gasteiger partial charge in [0.25, 0.3) is 6.71 Å². The Morgan fingerprint density at radius 3 is 1.22 bits per heavy atom. The van der Waals surface area contributed by atoms with Gasteiger partial charge in [0.05, 0.1) is 0 Å². The van der Waals surface area contributed by atoms with Crippen LogP contribution in [0.15, 0.2) is 211 Å². The second-order valence-corrected chi connectivity index (χ2v) is 29.5. The van der Waals surface area contributed by atoms with Crippen molar-refractivity contribution in [2.75, 3.05) is 9.80 Å². The molecular weight excluding hydrogens is 950 g/mol. The van der Waals surface area contributed by atoms with Gasteiger partial charge in [-0.05, 0) is 148 Å². The molecule has 12 rings (SSSR count). The molecule has 0 atom stereocenters. The van der Waals surface area contributed by atoms with Crippen LogP contribution in [0.4, 0.5) is 34.1 Å². The molecule has 2 aliphatic heterocycles. The topological polar surface area (TPSA) is 32.5 Å². The van der Waals surface area contributed by atoms with E-state index in [1.165, 1.54) is 76.5 Å². The van der Waals surface area contributed by atoms with Crippen molar-refractivity contribution in [3.8, 4) is 11.5 Å². The molecule has 9 aromatic carbocycles. The summed E-state index contributed by atoms with van der Waals surface area (Å²) in [5.74, 6) is 0.623. The highest BCUT2D eigenvalue weighted by Crippen LogP contribution is 2.46. The maximum absolute atomic E-state index is 6.94. The SMILES string of the molecule is CC(C)(C)c1ccc(-c2nc3cc4c(cc3o2)B2c3cc(C(C)(C)C)ccc3N(c3ccc(C(C)(C)C)cc3)c3cc([Si](c5ccccc5)(c5ccccc5)c5ccccc5)cc(c32)N4c2ccc(C(C)(C)C)cc2)cc1. The van der Waals surface area contributed by atoms with Crippen LogP contribution in [0, 0.1) is 0 Å². The summed E-state index contributed by atoms with van der Waals surface area (Å²) in [5.41, 5.74) is 18.2. The quantitative estimate of drug-likeness (QED) is 0.118. The minimum Gasteiger partial charge on any atom is -0.436 e. The van der Waals surface area contributed by atoms with E-state index in [9.17, 15) is 0 Å². The van der Waals surface area contributed by atoms with Crippen LogP contribution in [-0.2, 0) is 21.7 Å². The third-order valence-electron chi connectivity index (χ3n) is 16.5. The van der Waals surface area contributed by atoms with Crippen molar-refractivity contribution in [2.24, 2.45) is 0 Å². The fourth-order valence-corrected chi connectivity index (χ4v) is 17.0. The zero-order valence-corrected chi connectivity index (χ0v) is 48.0. The molecule has 0 saturated heterocycles. The molecule has 382 valence electrons. The van der Waals surface area contributed by atoms with E-state index in [4.69, 9.17) is 9.40 Å². The van der Waals surface area contributed by atoms with Gasteiger partial charge in [-0.25, -0.2) is 4.98 Å². The predicted octanol–water partition coefficient (Wildman–Crippen LogP) is 14.1. The molecule has 0 saturated carbocycles. The van der Waals surface area contributed by atoms with Gasteiger partial charge in [-0.3, -0.25) is 0 Å². The van der Waals surface area contributed by atoms with E-state index in [0.29, 0.717) is 5.89 Å². The molecule has 0 unspecified atom stereocenters. The Balaban J connectivity index is 1.23. The number of fused-ring (bicyclic) bond motifs is 5. The van der Waals surface area contributed by atoms with Crippen LogP contribution >= 0.6 is 0 Å². The first-order valence-electron chi connectivity index (χ1n) is 27.6. The normalized spacial score (nSPS) is 13.6. The number of benzene rings is 9. The number of hydrogen-bond acceptors (Lipinski definition) is 4. The standard InChI is InChI=1S/C71H70BN3OSi/c1-68(2,3)48-30-28-47(29-31-48)67-73-60-46-62-59(45-65(60)76-67)72-58-42-51(71(10,11)12)36-41-61(58)74(52-37-32-49(33-38-52)69(4,5)6)63-43-57(44-64(66(63)72)75(62)53-39-34-50(35-40-53)70(7,8)9)77(54-22-16-13-17-23-54,55-24-18-14-19-25-55)56-26-20-15-21-27-56/h13-46H,1-12H3. The van der Waals surface area contributed by atoms with Gasteiger partial charge in [-0.15, -0.1) is 0 Å². The maximum Gasteiger partial charge on any atom is 0.252 e. The number of oxazole rings is 1. The molecule has 0 spiro atoms. The lowest BCUT2D eigenvalue weighted by Gasteiger charge is -2.46. The molecule has 77 heavy (non-hydrogen) atoms. The lowest BCUT2D eigenvalue weighted by molar-refractivity contribution is 0.589. The second-order valence-electron chi connectivity index (χ2n) is 25.7. The van der Waals surface area contributed by atoms with Gasteiger partial charge in [0, 0.05) is 39.7 Å². The summed E-state index contributed by atoms with van der Waals surface area (Å²) in [7, 11) is -3.13. The van der Waals surface area contributed by atoms with Crippen molar-refractivity contribution in [3.05, 3.63) is 229 Å². The van der Waals surface area contributed by atoms with Gasteiger partial charge in [0.1, 0.15) is 5.52 Å². The van der Waals surface area contributed by atoms with Gasteiger partial charge < -0.3 is 14.2 Å². The Morgan fingerprint density at radius 1 is 0.377 bits per heavy atom. The van der Waals surface area contributed by atoms with E-state index >= 15 is 0 Å². The summed E-state index contributed by atoms with van der Waals surface area (Å²) in [6.45, 7) is 27.4. The number of nitrogens with zero attached hydrogens (tertiary/aromatic N) is 3. The zero-order valence-electron chi connectivity index (χ0n) is 47.0. The summed E-state index contributed by atoms with van der Waals surface area (Å²) < 4.78 is 6.94. The van der Waals surface area contributed by atoms with Crippen molar-refractivity contribution in [1.29, 1.82) is 0 Å². The molecule has 0 bridgehead atoms. The van der Waals surface area contributed by atoms with Crippen LogP contribution < -0.4 is 46.9 Å². The molecule has 1 aromatic heterocycles. The number of anilines is 6. The van der Waals surface area contributed by atoms with E-state index in [1.54, 1.807) is 0 Å². The fourth-order valence-electron chi connectivity index (χ4n) is 12.2. The highest BCUT2D eigenvalue weighted by molar-refractivity contribution is 7.20. The average Bonchev–Trinajstić information content (AvgIpc) is 3.95.